The van der Waals surface area contributed by atoms with Crippen molar-refractivity contribution < 1.29 is 9.53 Å². The van der Waals surface area contributed by atoms with Gasteiger partial charge in [-0.25, -0.2) is 0 Å². The average Bonchev–Trinajstić information content (AvgIpc) is 3.03. The quantitative estimate of drug-likeness (QED) is 0.763. The first-order valence-electron chi connectivity index (χ1n) is 8.55. The maximum atomic E-state index is 11.8. The van der Waals surface area contributed by atoms with Crippen LogP contribution >= 0.6 is 0 Å². The van der Waals surface area contributed by atoms with Gasteiger partial charge < -0.3 is 15.4 Å². The number of ether oxygens (including phenoxy) is 1. The molecule has 5 nitrogen and oxygen atoms in total. The van der Waals surface area contributed by atoms with Crippen LogP contribution in [0.5, 0.6) is 5.75 Å². The average molecular weight is 337 g/mol. The fourth-order valence-corrected chi connectivity index (χ4v) is 2.72. The Balaban J connectivity index is 1.31. The van der Waals surface area contributed by atoms with Gasteiger partial charge in [-0.2, -0.15) is 0 Å². The summed E-state index contributed by atoms with van der Waals surface area (Å²) in [7, 11) is 0. The van der Waals surface area contributed by atoms with E-state index in [2.05, 4.69) is 27.8 Å². The van der Waals surface area contributed by atoms with E-state index < -0.39 is 0 Å². The summed E-state index contributed by atoms with van der Waals surface area (Å²) in [6.45, 7) is 4.15. The second-order valence-electron chi connectivity index (χ2n) is 6.06. The first-order chi connectivity index (χ1) is 12.2. The van der Waals surface area contributed by atoms with Crippen molar-refractivity contribution in [3.8, 4) is 5.75 Å². The normalized spacial score (nSPS) is 12.3. The first-order valence-corrected chi connectivity index (χ1v) is 8.55. The molecule has 0 spiro atoms. The number of fused-ring (bicyclic) bond motifs is 1. The minimum atomic E-state index is -0.106. The van der Waals surface area contributed by atoms with E-state index in [1.165, 1.54) is 11.1 Å². The van der Waals surface area contributed by atoms with Gasteiger partial charge in [0.15, 0.2) is 6.61 Å². The Hall–Kier alpha value is -2.82. The Bertz CT molecular complexity index is 771. The van der Waals surface area contributed by atoms with Crippen LogP contribution in [0.2, 0.25) is 0 Å². The predicted octanol–water partition coefficient (Wildman–Crippen LogP) is 2.43. The summed E-state index contributed by atoms with van der Waals surface area (Å²) >= 11 is 0. The molecule has 2 aromatic rings. The number of nitrogens with one attached hydrogen (secondary N) is 2. The topological polar surface area (TPSA) is 62.7 Å². The summed E-state index contributed by atoms with van der Waals surface area (Å²) in [5.41, 5.74) is 3.55. The first kappa shape index (κ1) is 17.0. The maximum Gasteiger partial charge on any atom is 0.257 e. The molecule has 0 radical (unpaired) electrons. The van der Waals surface area contributed by atoms with E-state index in [1.807, 2.05) is 43.3 Å². The van der Waals surface area contributed by atoms with Crippen LogP contribution in [0.15, 0.2) is 53.5 Å². The zero-order valence-electron chi connectivity index (χ0n) is 14.4. The van der Waals surface area contributed by atoms with Crippen LogP contribution in [-0.4, -0.2) is 31.4 Å². The molecule has 1 amide bonds. The summed E-state index contributed by atoms with van der Waals surface area (Å²) in [6, 6.07) is 15.9. The Morgan fingerprint density at radius 1 is 1.16 bits per heavy atom. The molecule has 25 heavy (non-hydrogen) atoms. The van der Waals surface area contributed by atoms with Crippen molar-refractivity contribution in [2.75, 3.05) is 19.7 Å². The minimum Gasteiger partial charge on any atom is -0.484 e. The zero-order chi connectivity index (χ0) is 17.5. The molecule has 0 unspecified atom stereocenters. The Kier molecular flexibility index (Phi) is 5.67. The summed E-state index contributed by atoms with van der Waals surface area (Å²) < 4.78 is 5.48. The number of carbonyl (C=O) groups excluding carboxylic acids is 1. The van der Waals surface area contributed by atoms with E-state index in [0.717, 1.165) is 36.7 Å². The van der Waals surface area contributed by atoms with E-state index in [1.54, 1.807) is 0 Å². The number of aliphatic imine (C=N–C) groups is 1. The van der Waals surface area contributed by atoms with Gasteiger partial charge in [-0.1, -0.05) is 36.4 Å². The van der Waals surface area contributed by atoms with Crippen molar-refractivity contribution in [3.63, 3.8) is 0 Å². The van der Waals surface area contributed by atoms with Gasteiger partial charge in [0.25, 0.3) is 5.91 Å². The lowest BCUT2D eigenvalue weighted by Crippen LogP contribution is -2.32. The molecule has 1 heterocycles. The Morgan fingerprint density at radius 3 is 2.92 bits per heavy atom. The van der Waals surface area contributed by atoms with Crippen LogP contribution in [0.4, 0.5) is 0 Å². The number of carbonyl (C=O) groups is 1. The number of amides is 1. The number of amidine groups is 1. The van der Waals surface area contributed by atoms with Gasteiger partial charge in [-0.3, -0.25) is 9.79 Å². The SMILES string of the molecule is Cc1cccc(OCC(=O)NCCCNC2=NCc3ccccc32)c1. The Morgan fingerprint density at radius 2 is 2.04 bits per heavy atom. The molecule has 0 aliphatic carbocycles. The molecule has 5 heteroatoms. The number of aryl methyl sites for hydroxylation is 1. The standard InChI is InChI=1S/C20H23N3O2/c1-15-6-4-8-17(12-15)25-14-19(24)21-10-5-11-22-20-18-9-3-2-7-16(18)13-23-20/h2-4,6-9,12H,5,10-11,13-14H2,1H3,(H,21,24)(H,22,23). The van der Waals surface area contributed by atoms with Crippen molar-refractivity contribution in [1.82, 2.24) is 10.6 Å². The van der Waals surface area contributed by atoms with Gasteiger partial charge in [0.05, 0.1) is 6.54 Å². The molecule has 0 aromatic heterocycles. The van der Waals surface area contributed by atoms with Gasteiger partial charge in [-0.15, -0.1) is 0 Å². The van der Waals surface area contributed by atoms with E-state index in [0.29, 0.717) is 6.54 Å². The van der Waals surface area contributed by atoms with Crippen molar-refractivity contribution in [2.24, 2.45) is 4.99 Å². The highest BCUT2D eigenvalue weighted by molar-refractivity contribution is 6.01. The fraction of sp³-hybridized carbons (Fsp3) is 0.300. The third-order valence-corrected chi connectivity index (χ3v) is 4.01. The molecule has 2 aromatic carbocycles. The van der Waals surface area contributed by atoms with Crippen molar-refractivity contribution in [1.29, 1.82) is 0 Å². The lowest BCUT2D eigenvalue weighted by Gasteiger charge is -2.09. The fourth-order valence-electron chi connectivity index (χ4n) is 2.72. The lowest BCUT2D eigenvalue weighted by atomic mass is 10.1. The molecule has 1 aliphatic heterocycles. The molecular formula is C20H23N3O2. The summed E-state index contributed by atoms with van der Waals surface area (Å²) in [4.78, 5) is 16.3. The maximum absolute atomic E-state index is 11.8. The van der Waals surface area contributed by atoms with E-state index in [9.17, 15) is 4.79 Å². The van der Waals surface area contributed by atoms with E-state index >= 15 is 0 Å². The minimum absolute atomic E-state index is 0.0387. The number of rotatable bonds is 7. The van der Waals surface area contributed by atoms with Crippen LogP contribution in [-0.2, 0) is 11.3 Å². The molecule has 0 saturated carbocycles. The van der Waals surface area contributed by atoms with Gasteiger partial charge in [0, 0.05) is 18.7 Å². The Labute approximate surface area is 148 Å². The third-order valence-electron chi connectivity index (χ3n) is 4.01. The summed E-state index contributed by atoms with van der Waals surface area (Å²) in [6.07, 6.45) is 0.831. The van der Waals surface area contributed by atoms with Crippen LogP contribution < -0.4 is 15.4 Å². The molecular weight excluding hydrogens is 314 g/mol. The second kappa shape index (κ2) is 8.33. The number of benzene rings is 2. The molecule has 1 aliphatic rings. The highest BCUT2D eigenvalue weighted by Gasteiger charge is 2.13. The van der Waals surface area contributed by atoms with Gasteiger partial charge in [0.1, 0.15) is 11.6 Å². The number of hydrogen-bond donors (Lipinski definition) is 2. The van der Waals surface area contributed by atoms with Gasteiger partial charge in [0.2, 0.25) is 0 Å². The number of nitrogens with zero attached hydrogens (tertiary/aromatic N) is 1. The smallest absolute Gasteiger partial charge is 0.257 e. The highest BCUT2D eigenvalue weighted by Crippen LogP contribution is 2.16. The van der Waals surface area contributed by atoms with Crippen molar-refractivity contribution in [2.45, 2.75) is 19.9 Å². The van der Waals surface area contributed by atoms with E-state index in [4.69, 9.17) is 4.74 Å². The van der Waals surface area contributed by atoms with Gasteiger partial charge >= 0.3 is 0 Å². The molecule has 130 valence electrons. The van der Waals surface area contributed by atoms with Crippen LogP contribution in [0.1, 0.15) is 23.1 Å². The monoisotopic (exact) mass is 337 g/mol. The molecule has 3 rings (SSSR count). The van der Waals surface area contributed by atoms with Gasteiger partial charge in [-0.05, 0) is 36.6 Å². The molecule has 2 N–H and O–H groups in total. The molecule has 0 saturated heterocycles. The number of hydrogen-bond acceptors (Lipinski definition) is 4. The molecule has 0 fully saturated rings. The summed E-state index contributed by atoms with van der Waals surface area (Å²) in [5, 5.41) is 6.21. The summed E-state index contributed by atoms with van der Waals surface area (Å²) in [5.74, 6) is 1.56. The molecule has 0 atom stereocenters. The van der Waals surface area contributed by atoms with Crippen LogP contribution in [0.25, 0.3) is 0 Å². The third kappa shape index (κ3) is 4.83. The van der Waals surface area contributed by atoms with Crippen molar-refractivity contribution >= 4 is 11.7 Å². The zero-order valence-corrected chi connectivity index (χ0v) is 14.4. The van der Waals surface area contributed by atoms with Crippen LogP contribution in [0.3, 0.4) is 0 Å². The molecule has 0 bridgehead atoms. The predicted molar refractivity (Wildman–Crippen MR) is 99.0 cm³/mol. The largest absolute Gasteiger partial charge is 0.484 e. The van der Waals surface area contributed by atoms with Crippen LogP contribution in [0, 0.1) is 6.92 Å². The second-order valence-corrected chi connectivity index (χ2v) is 6.06. The highest BCUT2D eigenvalue weighted by atomic mass is 16.5. The van der Waals surface area contributed by atoms with E-state index in [-0.39, 0.29) is 12.5 Å². The lowest BCUT2D eigenvalue weighted by molar-refractivity contribution is -0.123. The van der Waals surface area contributed by atoms with Crippen molar-refractivity contribution in [3.05, 3.63) is 65.2 Å².